The zero-order valence-corrected chi connectivity index (χ0v) is 11.2. The lowest BCUT2D eigenvalue weighted by molar-refractivity contribution is -0.386. The maximum Gasteiger partial charge on any atom is 0.331 e. The Morgan fingerprint density at radius 3 is 2.70 bits per heavy atom. The van der Waals surface area contributed by atoms with Crippen LogP contribution in [-0.2, 0) is 0 Å². The summed E-state index contributed by atoms with van der Waals surface area (Å²) in [5.41, 5.74) is 4.87. The van der Waals surface area contributed by atoms with Gasteiger partial charge in [0.2, 0.25) is 5.82 Å². The Morgan fingerprint density at radius 1 is 1.35 bits per heavy atom. The van der Waals surface area contributed by atoms with Gasteiger partial charge in [-0.1, -0.05) is 15.9 Å². The number of ether oxygens (including phenoxy) is 1. The fourth-order valence-corrected chi connectivity index (χ4v) is 1.78. The van der Waals surface area contributed by atoms with E-state index in [0.717, 1.165) is 18.2 Å². The molecule has 1 aromatic heterocycles. The van der Waals surface area contributed by atoms with E-state index in [1.165, 1.54) is 6.07 Å². The first kappa shape index (κ1) is 14.1. The van der Waals surface area contributed by atoms with E-state index in [4.69, 9.17) is 10.5 Å². The summed E-state index contributed by atoms with van der Waals surface area (Å²) >= 11 is 2.96. The second kappa shape index (κ2) is 5.37. The summed E-state index contributed by atoms with van der Waals surface area (Å²) in [5.74, 6) is -3.57. The van der Waals surface area contributed by atoms with Crippen molar-refractivity contribution in [3.63, 3.8) is 0 Å². The number of nitrogens with zero attached hydrogens (tertiary/aromatic N) is 2. The van der Waals surface area contributed by atoms with Crippen LogP contribution in [-0.4, -0.2) is 9.91 Å². The third-order valence-corrected chi connectivity index (χ3v) is 2.68. The molecule has 0 unspecified atom stereocenters. The Bertz CT molecular complexity index is 697. The average Bonchev–Trinajstić information content (AvgIpc) is 2.35. The van der Waals surface area contributed by atoms with Crippen molar-refractivity contribution in [1.29, 1.82) is 0 Å². The molecule has 0 saturated carbocycles. The van der Waals surface area contributed by atoms with Crippen LogP contribution >= 0.6 is 15.9 Å². The molecule has 0 fully saturated rings. The topological polar surface area (TPSA) is 91.3 Å². The quantitative estimate of drug-likeness (QED) is 0.522. The van der Waals surface area contributed by atoms with Gasteiger partial charge in [-0.3, -0.25) is 10.1 Å². The Hall–Kier alpha value is -2.29. The minimum atomic E-state index is -1.29. The minimum Gasteiger partial charge on any atom is -0.430 e. The van der Waals surface area contributed by atoms with Crippen molar-refractivity contribution in [2.45, 2.75) is 0 Å². The van der Waals surface area contributed by atoms with E-state index in [1.54, 1.807) is 0 Å². The second-order valence-corrected chi connectivity index (χ2v) is 4.53. The molecule has 2 rings (SSSR count). The average molecular weight is 346 g/mol. The monoisotopic (exact) mass is 345 g/mol. The summed E-state index contributed by atoms with van der Waals surface area (Å²) in [6, 6.07) is 4.27. The largest absolute Gasteiger partial charge is 0.430 e. The Balaban J connectivity index is 2.50. The summed E-state index contributed by atoms with van der Waals surface area (Å²) in [7, 11) is 0. The number of nitro groups is 1. The van der Waals surface area contributed by atoms with Crippen LogP contribution < -0.4 is 10.5 Å². The predicted octanol–water partition coefficient (Wildman–Crippen LogP) is 3.41. The molecule has 0 bridgehead atoms. The summed E-state index contributed by atoms with van der Waals surface area (Å²) < 4.78 is 31.9. The first-order valence-corrected chi connectivity index (χ1v) is 5.91. The van der Waals surface area contributed by atoms with Crippen LogP contribution in [0.5, 0.6) is 11.6 Å². The van der Waals surface area contributed by atoms with Crippen molar-refractivity contribution in [3.05, 3.63) is 50.5 Å². The third kappa shape index (κ3) is 2.82. The molecule has 0 atom stereocenters. The molecule has 1 aromatic carbocycles. The highest BCUT2D eigenvalue weighted by Crippen LogP contribution is 2.33. The lowest BCUT2D eigenvalue weighted by Crippen LogP contribution is -2.00. The number of nitrogens with two attached hydrogens (primary N) is 1. The number of pyridine rings is 1. The summed E-state index contributed by atoms with van der Waals surface area (Å²) in [5, 5.41) is 10.8. The number of hydrogen-bond donors (Lipinski definition) is 1. The van der Waals surface area contributed by atoms with E-state index in [-0.39, 0.29) is 10.3 Å². The van der Waals surface area contributed by atoms with Gasteiger partial charge in [0.05, 0.1) is 4.92 Å². The van der Waals surface area contributed by atoms with E-state index < -0.39 is 33.9 Å². The molecule has 0 radical (unpaired) electrons. The van der Waals surface area contributed by atoms with Crippen molar-refractivity contribution in [1.82, 2.24) is 4.98 Å². The molecule has 0 aliphatic rings. The van der Waals surface area contributed by atoms with Crippen LogP contribution in [0.3, 0.4) is 0 Å². The molecular formula is C11H6BrF2N3O3. The highest BCUT2D eigenvalue weighted by atomic mass is 79.9. The fourth-order valence-electron chi connectivity index (χ4n) is 1.37. The van der Waals surface area contributed by atoms with Crippen LogP contribution in [0.4, 0.5) is 20.3 Å². The summed E-state index contributed by atoms with van der Waals surface area (Å²) in [6.07, 6.45) is 0. The number of hydrogen-bond acceptors (Lipinski definition) is 5. The number of benzene rings is 1. The highest BCUT2D eigenvalue weighted by molar-refractivity contribution is 9.10. The molecule has 6 nitrogen and oxygen atoms in total. The Morgan fingerprint density at radius 2 is 2.05 bits per heavy atom. The van der Waals surface area contributed by atoms with Gasteiger partial charge in [-0.25, -0.2) is 4.39 Å². The molecule has 1 heterocycles. The van der Waals surface area contributed by atoms with Crippen LogP contribution in [0.1, 0.15) is 0 Å². The highest BCUT2D eigenvalue weighted by Gasteiger charge is 2.21. The first-order chi connectivity index (χ1) is 9.38. The third-order valence-electron chi connectivity index (χ3n) is 2.22. The van der Waals surface area contributed by atoms with Crippen LogP contribution in [0.2, 0.25) is 0 Å². The van der Waals surface area contributed by atoms with Gasteiger partial charge in [0, 0.05) is 10.5 Å². The molecule has 20 heavy (non-hydrogen) atoms. The molecule has 0 spiro atoms. The van der Waals surface area contributed by atoms with Crippen molar-refractivity contribution < 1.29 is 18.4 Å². The van der Waals surface area contributed by atoms with E-state index >= 15 is 0 Å². The number of nitrogen functional groups attached to an aromatic ring is 1. The van der Waals surface area contributed by atoms with Crippen molar-refractivity contribution in [2.24, 2.45) is 0 Å². The summed E-state index contributed by atoms with van der Waals surface area (Å²) in [6.45, 7) is 0. The lowest BCUT2D eigenvalue weighted by Gasteiger charge is -2.07. The van der Waals surface area contributed by atoms with Gasteiger partial charge in [-0.2, -0.15) is 9.37 Å². The zero-order chi connectivity index (χ0) is 14.9. The molecule has 0 amide bonds. The van der Waals surface area contributed by atoms with Gasteiger partial charge in [-0.05, 0) is 18.2 Å². The minimum absolute atomic E-state index is 0.0542. The van der Waals surface area contributed by atoms with Crippen molar-refractivity contribution in [3.8, 4) is 11.6 Å². The van der Waals surface area contributed by atoms with Crippen LogP contribution in [0, 0.1) is 21.7 Å². The van der Waals surface area contributed by atoms with Gasteiger partial charge in [0.1, 0.15) is 5.82 Å². The van der Waals surface area contributed by atoms with Crippen LogP contribution in [0.15, 0.2) is 28.7 Å². The van der Waals surface area contributed by atoms with E-state index in [9.17, 15) is 18.9 Å². The molecule has 104 valence electrons. The second-order valence-electron chi connectivity index (χ2n) is 3.62. The number of rotatable bonds is 3. The van der Waals surface area contributed by atoms with Gasteiger partial charge >= 0.3 is 11.6 Å². The maximum absolute atomic E-state index is 13.6. The van der Waals surface area contributed by atoms with Gasteiger partial charge in [0.25, 0.3) is 0 Å². The zero-order valence-electron chi connectivity index (χ0n) is 9.64. The molecule has 2 N–H and O–H groups in total. The number of anilines is 1. The van der Waals surface area contributed by atoms with E-state index in [2.05, 4.69) is 20.9 Å². The molecule has 9 heteroatoms. The molecular weight excluding hydrogens is 340 g/mol. The predicted molar refractivity (Wildman–Crippen MR) is 69.4 cm³/mol. The first-order valence-electron chi connectivity index (χ1n) is 5.12. The maximum atomic E-state index is 13.6. The SMILES string of the molecule is Nc1ccc([N+](=O)[O-])c(Oc2cc(Br)cc(F)c2F)n1. The van der Waals surface area contributed by atoms with Crippen molar-refractivity contribution >= 4 is 27.4 Å². The number of halogens is 3. The normalized spacial score (nSPS) is 10.3. The Labute approximate surface area is 119 Å². The summed E-state index contributed by atoms with van der Waals surface area (Å²) in [4.78, 5) is 13.6. The van der Waals surface area contributed by atoms with Crippen LogP contribution in [0.25, 0.3) is 0 Å². The van der Waals surface area contributed by atoms with Gasteiger partial charge in [0.15, 0.2) is 11.6 Å². The van der Waals surface area contributed by atoms with Gasteiger partial charge in [-0.15, -0.1) is 0 Å². The molecule has 2 aromatic rings. The molecule has 0 aliphatic carbocycles. The fraction of sp³-hybridized carbons (Fsp3) is 0. The lowest BCUT2D eigenvalue weighted by atomic mass is 10.3. The molecule has 0 aliphatic heterocycles. The van der Waals surface area contributed by atoms with E-state index in [0.29, 0.717) is 0 Å². The van der Waals surface area contributed by atoms with Crippen molar-refractivity contribution in [2.75, 3.05) is 5.73 Å². The van der Waals surface area contributed by atoms with E-state index in [1.807, 2.05) is 0 Å². The smallest absolute Gasteiger partial charge is 0.331 e. The molecule has 0 saturated heterocycles. The standard InChI is InChI=1S/C11H6BrF2N3O3/c12-5-3-6(13)10(14)8(4-5)20-11-7(17(18)19)1-2-9(15)16-11/h1-4H,(H2,15,16). The number of aromatic nitrogens is 1. The Kier molecular flexibility index (Phi) is 3.79. The van der Waals surface area contributed by atoms with Gasteiger partial charge < -0.3 is 10.5 Å².